The Kier molecular flexibility index (Phi) is 4.33. The summed E-state index contributed by atoms with van der Waals surface area (Å²) in [6.45, 7) is 2.14. The van der Waals surface area contributed by atoms with Crippen molar-refractivity contribution >= 4 is 5.91 Å². The van der Waals surface area contributed by atoms with Crippen LogP contribution in [-0.2, 0) is 20.7 Å². The van der Waals surface area contributed by atoms with Crippen molar-refractivity contribution in [3.05, 3.63) is 35.4 Å². The van der Waals surface area contributed by atoms with Crippen LogP contribution in [0.4, 0.5) is 0 Å². The number of hydrogen-bond acceptors (Lipinski definition) is 3. The van der Waals surface area contributed by atoms with Gasteiger partial charge in [-0.1, -0.05) is 24.3 Å². The molecule has 0 saturated carbocycles. The summed E-state index contributed by atoms with van der Waals surface area (Å²) in [5, 5.41) is 2.80. The molecule has 1 aliphatic heterocycles. The molecule has 0 aliphatic carbocycles. The van der Waals surface area contributed by atoms with Crippen LogP contribution in [0.3, 0.4) is 0 Å². The Hall–Kier alpha value is -1.39. The number of methoxy groups -OCH3 is 1. The van der Waals surface area contributed by atoms with Gasteiger partial charge in [0.2, 0.25) is 5.91 Å². The second kappa shape index (κ2) is 5.98. The van der Waals surface area contributed by atoms with Crippen molar-refractivity contribution in [3.63, 3.8) is 0 Å². The first-order valence-corrected chi connectivity index (χ1v) is 6.21. The van der Waals surface area contributed by atoms with Gasteiger partial charge in [0, 0.05) is 27.0 Å². The summed E-state index contributed by atoms with van der Waals surface area (Å²) in [6, 6.07) is 8.23. The Bertz CT molecular complexity index is 419. The quantitative estimate of drug-likeness (QED) is 0.885. The highest BCUT2D eigenvalue weighted by Gasteiger charge is 2.26. The lowest BCUT2D eigenvalue weighted by Gasteiger charge is -2.31. The van der Waals surface area contributed by atoms with Crippen LogP contribution in [0.1, 0.15) is 30.6 Å². The number of carbonyl (C=O) groups excluding carboxylic acids is 1. The van der Waals surface area contributed by atoms with Crippen LogP contribution in [-0.4, -0.2) is 25.9 Å². The average Bonchev–Trinajstić information content (AvgIpc) is 2.38. The van der Waals surface area contributed by atoms with E-state index in [0.717, 1.165) is 12.8 Å². The zero-order valence-electron chi connectivity index (χ0n) is 10.8. The van der Waals surface area contributed by atoms with Crippen LogP contribution in [0.25, 0.3) is 0 Å². The molecule has 4 nitrogen and oxygen atoms in total. The second-order valence-electron chi connectivity index (χ2n) is 4.46. The van der Waals surface area contributed by atoms with Crippen molar-refractivity contribution in [1.82, 2.24) is 5.32 Å². The Morgan fingerprint density at radius 3 is 3.00 bits per heavy atom. The maximum atomic E-state index is 10.9. The molecular formula is C14H19NO3. The van der Waals surface area contributed by atoms with Gasteiger partial charge >= 0.3 is 0 Å². The zero-order chi connectivity index (χ0) is 13.0. The minimum Gasteiger partial charge on any atom is -0.356 e. The van der Waals surface area contributed by atoms with Gasteiger partial charge in [0.05, 0.1) is 6.10 Å². The topological polar surface area (TPSA) is 47.6 Å². The summed E-state index contributed by atoms with van der Waals surface area (Å²) in [4.78, 5) is 10.9. The van der Waals surface area contributed by atoms with Gasteiger partial charge in [0.15, 0.2) is 6.29 Å². The van der Waals surface area contributed by atoms with Crippen molar-refractivity contribution in [2.75, 3.05) is 13.7 Å². The van der Waals surface area contributed by atoms with Crippen molar-refractivity contribution in [1.29, 1.82) is 0 Å². The third-order valence-corrected chi connectivity index (χ3v) is 3.15. The standard InChI is InChI=1S/C14H19NO3/c1-10(16)15-8-7-13-12-6-4-3-5-11(12)9-14(17-2)18-13/h3-6,13-14H,7-9H2,1-2H3,(H,15,16). The largest absolute Gasteiger partial charge is 0.356 e. The van der Waals surface area contributed by atoms with E-state index < -0.39 is 0 Å². The molecule has 0 saturated heterocycles. The molecule has 0 fully saturated rings. The first kappa shape index (κ1) is 13.1. The van der Waals surface area contributed by atoms with E-state index in [4.69, 9.17) is 9.47 Å². The number of amides is 1. The maximum Gasteiger partial charge on any atom is 0.216 e. The molecule has 0 aromatic heterocycles. The first-order valence-electron chi connectivity index (χ1n) is 6.21. The highest BCUT2D eigenvalue weighted by Crippen LogP contribution is 2.32. The number of ether oxygens (including phenoxy) is 2. The van der Waals surface area contributed by atoms with Gasteiger partial charge in [-0.2, -0.15) is 0 Å². The van der Waals surface area contributed by atoms with Crippen LogP contribution in [0.5, 0.6) is 0 Å². The molecule has 0 bridgehead atoms. The van der Waals surface area contributed by atoms with Gasteiger partial charge in [-0.3, -0.25) is 4.79 Å². The van der Waals surface area contributed by atoms with Gasteiger partial charge in [-0.05, 0) is 17.5 Å². The number of carbonyl (C=O) groups is 1. The van der Waals surface area contributed by atoms with Gasteiger partial charge < -0.3 is 14.8 Å². The van der Waals surface area contributed by atoms with Gasteiger partial charge in [-0.25, -0.2) is 0 Å². The summed E-state index contributed by atoms with van der Waals surface area (Å²) < 4.78 is 11.2. The minimum atomic E-state index is -0.192. The average molecular weight is 249 g/mol. The molecule has 4 heteroatoms. The molecule has 98 valence electrons. The van der Waals surface area contributed by atoms with Crippen molar-refractivity contribution in [2.24, 2.45) is 0 Å². The molecule has 2 atom stereocenters. The summed E-state index contributed by atoms with van der Waals surface area (Å²) in [7, 11) is 1.66. The predicted molar refractivity (Wildman–Crippen MR) is 68.1 cm³/mol. The predicted octanol–water partition coefficient (Wildman–Crippen LogP) is 1.80. The fourth-order valence-corrected chi connectivity index (χ4v) is 2.26. The molecule has 18 heavy (non-hydrogen) atoms. The summed E-state index contributed by atoms with van der Waals surface area (Å²) >= 11 is 0. The Morgan fingerprint density at radius 1 is 1.50 bits per heavy atom. The summed E-state index contributed by atoms with van der Waals surface area (Å²) in [5.41, 5.74) is 2.47. The molecule has 1 heterocycles. The molecule has 1 aliphatic rings. The second-order valence-corrected chi connectivity index (χ2v) is 4.46. The normalized spacial score (nSPS) is 22.3. The lowest BCUT2D eigenvalue weighted by atomic mass is 9.95. The molecule has 0 radical (unpaired) electrons. The van der Waals surface area contributed by atoms with Crippen LogP contribution >= 0.6 is 0 Å². The number of rotatable bonds is 4. The zero-order valence-corrected chi connectivity index (χ0v) is 10.8. The van der Waals surface area contributed by atoms with Crippen molar-refractivity contribution in [3.8, 4) is 0 Å². The molecule has 2 rings (SSSR count). The fraction of sp³-hybridized carbons (Fsp3) is 0.500. The molecule has 1 amide bonds. The lowest BCUT2D eigenvalue weighted by molar-refractivity contribution is -0.166. The number of nitrogens with one attached hydrogen (secondary N) is 1. The van der Waals surface area contributed by atoms with Crippen LogP contribution in [0.2, 0.25) is 0 Å². The van der Waals surface area contributed by atoms with Gasteiger partial charge in [0.25, 0.3) is 0 Å². The van der Waals surface area contributed by atoms with Crippen molar-refractivity contribution < 1.29 is 14.3 Å². The molecule has 2 unspecified atom stereocenters. The third kappa shape index (κ3) is 3.09. The van der Waals surface area contributed by atoms with Crippen LogP contribution < -0.4 is 5.32 Å². The van der Waals surface area contributed by atoms with Crippen LogP contribution in [0.15, 0.2) is 24.3 Å². The molecular weight excluding hydrogens is 230 g/mol. The van der Waals surface area contributed by atoms with E-state index in [-0.39, 0.29) is 18.3 Å². The third-order valence-electron chi connectivity index (χ3n) is 3.15. The monoisotopic (exact) mass is 249 g/mol. The van der Waals surface area contributed by atoms with E-state index in [1.807, 2.05) is 12.1 Å². The van der Waals surface area contributed by atoms with E-state index in [0.29, 0.717) is 6.54 Å². The SMILES string of the molecule is COC1Cc2ccccc2C(CCNC(C)=O)O1. The smallest absolute Gasteiger partial charge is 0.216 e. The highest BCUT2D eigenvalue weighted by atomic mass is 16.7. The Labute approximate surface area is 107 Å². The minimum absolute atomic E-state index is 0.00764. The van der Waals surface area contributed by atoms with E-state index in [1.165, 1.54) is 18.1 Å². The first-order chi connectivity index (χ1) is 8.70. The van der Waals surface area contributed by atoms with E-state index in [1.54, 1.807) is 7.11 Å². The Balaban J connectivity index is 2.06. The van der Waals surface area contributed by atoms with Gasteiger partial charge in [-0.15, -0.1) is 0 Å². The maximum absolute atomic E-state index is 10.9. The molecule has 1 N–H and O–H groups in total. The number of fused-ring (bicyclic) bond motifs is 1. The van der Waals surface area contributed by atoms with Crippen molar-refractivity contribution in [2.45, 2.75) is 32.2 Å². The van der Waals surface area contributed by atoms with E-state index >= 15 is 0 Å². The van der Waals surface area contributed by atoms with Gasteiger partial charge in [0.1, 0.15) is 0 Å². The lowest BCUT2D eigenvalue weighted by Crippen LogP contribution is -2.30. The van der Waals surface area contributed by atoms with E-state index in [2.05, 4.69) is 17.4 Å². The summed E-state index contributed by atoms with van der Waals surface area (Å²) in [6.07, 6.45) is 1.34. The molecule has 1 aromatic carbocycles. The van der Waals surface area contributed by atoms with Crippen LogP contribution in [0, 0.1) is 0 Å². The van der Waals surface area contributed by atoms with E-state index in [9.17, 15) is 4.79 Å². The molecule has 1 aromatic rings. The number of hydrogen-bond donors (Lipinski definition) is 1. The Morgan fingerprint density at radius 2 is 2.28 bits per heavy atom. The fourth-order valence-electron chi connectivity index (χ4n) is 2.26. The molecule has 0 spiro atoms. The highest BCUT2D eigenvalue weighted by molar-refractivity contribution is 5.72. The number of benzene rings is 1. The summed E-state index contributed by atoms with van der Waals surface area (Å²) in [5.74, 6) is -0.0117.